The molecule has 0 unspecified atom stereocenters. The number of phenols is 1. The lowest BCUT2D eigenvalue weighted by Crippen LogP contribution is -2.41. The van der Waals surface area contributed by atoms with Crippen LogP contribution in [0, 0.1) is 0 Å². The lowest BCUT2D eigenvalue weighted by atomic mass is 9.79. The molecular formula is C19H24BNO6S. The lowest BCUT2D eigenvalue weighted by Gasteiger charge is -2.32. The molecule has 0 radical (unpaired) electrons. The Balaban J connectivity index is 1.87. The third-order valence-electron chi connectivity index (χ3n) is 5.09. The summed E-state index contributed by atoms with van der Waals surface area (Å²) < 4.78 is 44.8. The molecule has 0 bridgehead atoms. The second-order valence-electron chi connectivity index (χ2n) is 7.68. The Labute approximate surface area is 165 Å². The molecule has 0 spiro atoms. The number of sulfonamides is 1. The van der Waals surface area contributed by atoms with E-state index < -0.39 is 28.3 Å². The molecule has 0 atom stereocenters. The van der Waals surface area contributed by atoms with Gasteiger partial charge in [0.2, 0.25) is 0 Å². The van der Waals surface area contributed by atoms with E-state index in [1.54, 1.807) is 18.2 Å². The van der Waals surface area contributed by atoms with E-state index in [1.165, 1.54) is 31.4 Å². The van der Waals surface area contributed by atoms with Crippen LogP contribution in [0.1, 0.15) is 27.7 Å². The average Bonchev–Trinajstić information content (AvgIpc) is 2.82. The monoisotopic (exact) mass is 405 g/mol. The van der Waals surface area contributed by atoms with Gasteiger partial charge in [0.25, 0.3) is 10.0 Å². The first-order chi connectivity index (χ1) is 12.9. The number of hydrogen-bond acceptors (Lipinski definition) is 6. The number of ether oxygens (including phenoxy) is 1. The van der Waals surface area contributed by atoms with Gasteiger partial charge in [0.15, 0.2) is 0 Å². The smallest absolute Gasteiger partial charge is 0.495 e. The first kappa shape index (κ1) is 20.5. The summed E-state index contributed by atoms with van der Waals surface area (Å²) in [4.78, 5) is 0.0776. The van der Waals surface area contributed by atoms with Crippen molar-refractivity contribution >= 4 is 28.3 Å². The van der Waals surface area contributed by atoms with Crippen molar-refractivity contribution in [3.63, 3.8) is 0 Å². The van der Waals surface area contributed by atoms with Gasteiger partial charge < -0.3 is 19.2 Å². The minimum atomic E-state index is -3.84. The van der Waals surface area contributed by atoms with Crippen LogP contribution in [-0.4, -0.2) is 39.0 Å². The fourth-order valence-corrected chi connectivity index (χ4v) is 3.82. The number of hydrogen-bond donors (Lipinski definition) is 2. The Morgan fingerprint density at radius 2 is 1.57 bits per heavy atom. The van der Waals surface area contributed by atoms with Gasteiger partial charge in [-0.25, -0.2) is 8.42 Å². The third-order valence-corrected chi connectivity index (χ3v) is 6.48. The van der Waals surface area contributed by atoms with Crippen molar-refractivity contribution in [2.45, 2.75) is 43.8 Å². The van der Waals surface area contributed by atoms with Crippen LogP contribution in [-0.2, 0) is 19.3 Å². The maximum absolute atomic E-state index is 12.7. The molecule has 9 heteroatoms. The van der Waals surface area contributed by atoms with Crippen molar-refractivity contribution < 1.29 is 27.6 Å². The summed E-state index contributed by atoms with van der Waals surface area (Å²) >= 11 is 0. The Kier molecular flexibility index (Phi) is 5.12. The summed E-state index contributed by atoms with van der Waals surface area (Å²) in [5.41, 5.74) is -0.371. The fourth-order valence-electron chi connectivity index (χ4n) is 2.78. The van der Waals surface area contributed by atoms with Crippen molar-refractivity contribution in [2.24, 2.45) is 0 Å². The van der Waals surface area contributed by atoms with Crippen LogP contribution in [0.25, 0.3) is 0 Å². The first-order valence-corrected chi connectivity index (χ1v) is 10.3. The van der Waals surface area contributed by atoms with Crippen LogP contribution in [0.3, 0.4) is 0 Å². The summed E-state index contributed by atoms with van der Waals surface area (Å²) in [6.45, 7) is 7.68. The zero-order valence-corrected chi connectivity index (χ0v) is 17.3. The van der Waals surface area contributed by atoms with Gasteiger partial charge >= 0.3 is 7.12 Å². The Hall–Kier alpha value is -2.23. The molecule has 0 aromatic heterocycles. The van der Waals surface area contributed by atoms with Gasteiger partial charge in [0.05, 0.1) is 28.9 Å². The molecule has 0 amide bonds. The molecule has 28 heavy (non-hydrogen) atoms. The predicted octanol–water partition coefficient (Wildman–Crippen LogP) is 2.50. The van der Waals surface area contributed by atoms with Crippen molar-refractivity contribution in [1.29, 1.82) is 0 Å². The number of benzene rings is 2. The molecule has 1 saturated heterocycles. The van der Waals surface area contributed by atoms with E-state index in [0.29, 0.717) is 11.2 Å². The van der Waals surface area contributed by atoms with Crippen LogP contribution in [0.15, 0.2) is 47.4 Å². The molecule has 0 saturated carbocycles. The van der Waals surface area contributed by atoms with Gasteiger partial charge in [0, 0.05) is 6.07 Å². The normalized spacial score (nSPS) is 18.1. The molecule has 2 aromatic carbocycles. The molecule has 1 heterocycles. The van der Waals surface area contributed by atoms with Gasteiger partial charge in [-0.15, -0.1) is 0 Å². The zero-order valence-electron chi connectivity index (χ0n) is 16.5. The molecule has 150 valence electrons. The quantitative estimate of drug-likeness (QED) is 0.743. The summed E-state index contributed by atoms with van der Waals surface area (Å²) in [5, 5.41) is 10.1. The Morgan fingerprint density at radius 3 is 2.11 bits per heavy atom. The van der Waals surface area contributed by atoms with E-state index >= 15 is 0 Å². The summed E-state index contributed by atoms with van der Waals surface area (Å²) in [6, 6.07) is 10.4. The number of aromatic hydroxyl groups is 1. The highest BCUT2D eigenvalue weighted by molar-refractivity contribution is 7.92. The fraction of sp³-hybridized carbons (Fsp3) is 0.368. The average molecular weight is 405 g/mol. The van der Waals surface area contributed by atoms with Gasteiger partial charge in [-0.1, -0.05) is 0 Å². The van der Waals surface area contributed by atoms with Crippen LogP contribution in [0.5, 0.6) is 11.5 Å². The third kappa shape index (κ3) is 3.96. The van der Waals surface area contributed by atoms with Crippen molar-refractivity contribution in [3.05, 3.63) is 42.5 Å². The predicted molar refractivity (Wildman–Crippen MR) is 108 cm³/mol. The Morgan fingerprint density at radius 1 is 1.00 bits per heavy atom. The van der Waals surface area contributed by atoms with E-state index in [4.69, 9.17) is 14.0 Å². The summed E-state index contributed by atoms with van der Waals surface area (Å²) in [7, 11) is -3.05. The number of anilines is 1. The topological polar surface area (TPSA) is 94.1 Å². The van der Waals surface area contributed by atoms with Gasteiger partial charge in [-0.3, -0.25) is 4.72 Å². The molecule has 2 aromatic rings. The highest BCUT2D eigenvalue weighted by Crippen LogP contribution is 2.37. The molecular weight excluding hydrogens is 381 g/mol. The molecule has 3 rings (SSSR count). The van der Waals surface area contributed by atoms with E-state index in [0.717, 1.165) is 0 Å². The molecule has 7 nitrogen and oxygen atoms in total. The molecule has 1 aliphatic heterocycles. The maximum atomic E-state index is 12.7. The number of nitrogens with one attached hydrogen (secondary N) is 1. The minimum absolute atomic E-state index is 0.0776. The second-order valence-corrected chi connectivity index (χ2v) is 9.36. The molecule has 0 aliphatic carbocycles. The van der Waals surface area contributed by atoms with E-state index in [9.17, 15) is 13.5 Å². The summed E-state index contributed by atoms with van der Waals surface area (Å²) in [5.74, 6) is 0.457. The molecule has 1 fully saturated rings. The number of rotatable bonds is 5. The maximum Gasteiger partial charge on any atom is 0.495 e. The SMILES string of the molecule is COc1ccc(S(=O)(=O)Nc2cc(O)cc(B3OC(C)(C)C(C)(C)O3)c2)cc1. The Bertz CT molecular complexity index is 956. The lowest BCUT2D eigenvalue weighted by molar-refractivity contribution is 0.00578. The van der Waals surface area contributed by atoms with Gasteiger partial charge in [-0.2, -0.15) is 0 Å². The number of phenolic OH excluding ortho intramolecular Hbond substituents is 1. The van der Waals surface area contributed by atoms with Crippen molar-refractivity contribution in [1.82, 2.24) is 0 Å². The first-order valence-electron chi connectivity index (χ1n) is 8.80. The van der Waals surface area contributed by atoms with Gasteiger partial charge in [0.1, 0.15) is 11.5 Å². The summed E-state index contributed by atoms with van der Waals surface area (Å²) in [6.07, 6.45) is 0. The zero-order chi connectivity index (χ0) is 20.7. The van der Waals surface area contributed by atoms with Crippen LogP contribution in [0.2, 0.25) is 0 Å². The van der Waals surface area contributed by atoms with Crippen LogP contribution in [0.4, 0.5) is 5.69 Å². The van der Waals surface area contributed by atoms with E-state index in [-0.39, 0.29) is 16.3 Å². The molecule has 1 aliphatic rings. The standard InChI is InChI=1S/C19H24BNO6S/c1-18(2)19(3,4)27-20(26-18)13-10-14(12-15(22)11-13)21-28(23,24)17-8-6-16(25-5)7-9-17/h6-12,21-22H,1-5H3. The van der Waals surface area contributed by atoms with Crippen LogP contribution >= 0.6 is 0 Å². The molecule has 2 N–H and O–H groups in total. The largest absolute Gasteiger partial charge is 0.508 e. The highest BCUT2D eigenvalue weighted by Gasteiger charge is 2.51. The van der Waals surface area contributed by atoms with Gasteiger partial charge in [-0.05, 0) is 69.6 Å². The van der Waals surface area contributed by atoms with E-state index in [2.05, 4.69) is 4.72 Å². The minimum Gasteiger partial charge on any atom is -0.508 e. The van der Waals surface area contributed by atoms with Crippen molar-refractivity contribution in [3.8, 4) is 11.5 Å². The van der Waals surface area contributed by atoms with Crippen molar-refractivity contribution in [2.75, 3.05) is 11.8 Å². The highest BCUT2D eigenvalue weighted by atomic mass is 32.2. The van der Waals surface area contributed by atoms with E-state index in [1.807, 2.05) is 27.7 Å². The second kappa shape index (κ2) is 6.99. The van der Waals surface area contributed by atoms with Crippen LogP contribution < -0.4 is 14.9 Å². The number of methoxy groups -OCH3 is 1.